The van der Waals surface area contributed by atoms with Crippen LogP contribution < -0.4 is 10.6 Å². The van der Waals surface area contributed by atoms with Crippen LogP contribution in [0.3, 0.4) is 0 Å². The van der Waals surface area contributed by atoms with Crippen molar-refractivity contribution in [2.24, 2.45) is 0 Å². The Hall–Kier alpha value is -1.85. The van der Waals surface area contributed by atoms with E-state index < -0.39 is 6.03 Å². The summed E-state index contributed by atoms with van der Waals surface area (Å²) < 4.78 is 0. The molecule has 3 amide bonds. The van der Waals surface area contributed by atoms with Crippen LogP contribution in [0, 0.1) is 0 Å². The number of rotatable bonds is 7. The van der Waals surface area contributed by atoms with Crippen molar-refractivity contribution < 1.29 is 9.59 Å². The lowest BCUT2D eigenvalue weighted by atomic mass is 10.1. The summed E-state index contributed by atoms with van der Waals surface area (Å²) in [7, 11) is 0. The maximum atomic E-state index is 12.1. The number of amides is 3. The van der Waals surface area contributed by atoms with Crippen molar-refractivity contribution in [2.75, 3.05) is 13.1 Å². The maximum Gasteiger partial charge on any atom is 0.321 e. The van der Waals surface area contributed by atoms with Gasteiger partial charge in [-0.2, -0.15) is 0 Å². The van der Waals surface area contributed by atoms with Gasteiger partial charge in [0.15, 0.2) is 0 Å². The average Bonchev–Trinajstić information content (AvgIpc) is 3.35. The molecule has 0 heterocycles. The van der Waals surface area contributed by atoms with Crippen molar-refractivity contribution in [3.63, 3.8) is 0 Å². The number of carbonyl (C=O) groups excluding carboxylic acids is 2. The molecule has 1 atom stereocenters. The van der Waals surface area contributed by atoms with Crippen LogP contribution in [0.4, 0.5) is 4.79 Å². The van der Waals surface area contributed by atoms with Gasteiger partial charge < -0.3 is 5.32 Å². The molecular formula is C17H22ClN3O2. The Morgan fingerprint density at radius 3 is 2.74 bits per heavy atom. The summed E-state index contributed by atoms with van der Waals surface area (Å²) in [4.78, 5) is 25.7. The molecule has 1 saturated carbocycles. The van der Waals surface area contributed by atoms with Crippen molar-refractivity contribution in [3.8, 4) is 0 Å². The third-order valence-corrected chi connectivity index (χ3v) is 4.20. The number of imide groups is 1. The zero-order valence-corrected chi connectivity index (χ0v) is 14.0. The van der Waals surface area contributed by atoms with Gasteiger partial charge in [0.1, 0.15) is 0 Å². The van der Waals surface area contributed by atoms with Crippen molar-refractivity contribution in [1.29, 1.82) is 0 Å². The fourth-order valence-electron chi connectivity index (χ4n) is 2.52. The Morgan fingerprint density at radius 2 is 2.13 bits per heavy atom. The predicted octanol–water partition coefficient (Wildman–Crippen LogP) is 2.88. The molecule has 5 nitrogen and oxygen atoms in total. The van der Waals surface area contributed by atoms with Gasteiger partial charge in [0.25, 0.3) is 0 Å². The molecule has 1 aliphatic carbocycles. The maximum absolute atomic E-state index is 12.1. The van der Waals surface area contributed by atoms with Crippen LogP contribution in [-0.2, 0) is 4.79 Å². The first-order chi connectivity index (χ1) is 11.0. The highest BCUT2D eigenvalue weighted by molar-refractivity contribution is 6.31. The summed E-state index contributed by atoms with van der Waals surface area (Å²) in [6.07, 6.45) is 3.68. The smallest absolute Gasteiger partial charge is 0.321 e. The number of nitrogens with one attached hydrogen (secondary N) is 2. The highest BCUT2D eigenvalue weighted by atomic mass is 35.5. The second-order valence-electron chi connectivity index (χ2n) is 5.65. The monoisotopic (exact) mass is 335 g/mol. The minimum atomic E-state index is -0.504. The molecule has 0 aliphatic heterocycles. The van der Waals surface area contributed by atoms with Crippen LogP contribution in [0.5, 0.6) is 0 Å². The van der Waals surface area contributed by atoms with Gasteiger partial charge in [-0.15, -0.1) is 6.58 Å². The lowest BCUT2D eigenvalue weighted by molar-refractivity contribution is -0.121. The van der Waals surface area contributed by atoms with Gasteiger partial charge in [-0.25, -0.2) is 4.79 Å². The molecule has 124 valence electrons. The summed E-state index contributed by atoms with van der Waals surface area (Å²) in [5.41, 5.74) is 0.991. The first kappa shape index (κ1) is 17.5. The summed E-state index contributed by atoms with van der Waals surface area (Å²) in [6.45, 7) is 6.03. The van der Waals surface area contributed by atoms with Crippen molar-refractivity contribution >= 4 is 23.5 Å². The molecule has 0 spiro atoms. The van der Waals surface area contributed by atoms with Crippen LogP contribution in [-0.4, -0.2) is 36.0 Å². The van der Waals surface area contributed by atoms with E-state index in [4.69, 9.17) is 11.6 Å². The van der Waals surface area contributed by atoms with Gasteiger partial charge >= 0.3 is 6.03 Å². The molecule has 6 heteroatoms. The van der Waals surface area contributed by atoms with Crippen LogP contribution in [0.25, 0.3) is 0 Å². The standard InChI is InChI=1S/C17H22ClN3O2/c1-3-10-19-17(23)20-16(22)11-21(13-8-9-13)12(2)14-6-4-5-7-15(14)18/h3-7,12-13H,1,8-11H2,2H3,(H2,19,20,22,23)/t12-/m1/s1. The Kier molecular flexibility index (Phi) is 6.19. The van der Waals surface area contributed by atoms with E-state index in [1.165, 1.54) is 0 Å². The van der Waals surface area contributed by atoms with E-state index in [9.17, 15) is 9.59 Å². The second kappa shape index (κ2) is 8.13. The summed E-state index contributed by atoms with van der Waals surface area (Å²) in [5.74, 6) is -0.322. The molecule has 1 fully saturated rings. The third kappa shape index (κ3) is 5.08. The summed E-state index contributed by atoms with van der Waals surface area (Å²) in [6, 6.07) is 7.51. The minimum Gasteiger partial charge on any atom is -0.334 e. The number of urea groups is 1. The fraction of sp³-hybridized carbons (Fsp3) is 0.412. The van der Waals surface area contributed by atoms with Crippen molar-refractivity contribution in [2.45, 2.75) is 31.8 Å². The van der Waals surface area contributed by atoms with Crippen molar-refractivity contribution in [3.05, 3.63) is 47.5 Å². The number of benzene rings is 1. The molecule has 2 N–H and O–H groups in total. The first-order valence-corrected chi connectivity index (χ1v) is 8.09. The number of carbonyl (C=O) groups is 2. The SMILES string of the molecule is C=CCNC(=O)NC(=O)CN(C1CC1)[C@H](C)c1ccccc1Cl. The molecule has 1 aliphatic rings. The van der Waals surface area contributed by atoms with E-state index in [2.05, 4.69) is 22.1 Å². The zero-order chi connectivity index (χ0) is 16.8. The molecule has 1 aromatic rings. The van der Waals surface area contributed by atoms with Crippen LogP contribution in [0.15, 0.2) is 36.9 Å². The molecule has 1 aromatic carbocycles. The minimum absolute atomic E-state index is 0.0122. The summed E-state index contributed by atoms with van der Waals surface area (Å²) >= 11 is 6.27. The number of hydrogen-bond acceptors (Lipinski definition) is 3. The summed E-state index contributed by atoms with van der Waals surface area (Å²) in [5, 5.41) is 5.55. The van der Waals surface area contributed by atoms with Gasteiger partial charge in [0, 0.05) is 23.7 Å². The van der Waals surface area contributed by atoms with Crippen LogP contribution >= 0.6 is 11.6 Å². The number of halogens is 1. The molecule has 0 aromatic heterocycles. The normalized spacial score (nSPS) is 15.1. The van der Waals surface area contributed by atoms with Gasteiger partial charge in [-0.3, -0.25) is 15.0 Å². The highest BCUT2D eigenvalue weighted by Gasteiger charge is 2.34. The van der Waals surface area contributed by atoms with Crippen LogP contribution in [0.1, 0.15) is 31.4 Å². The third-order valence-electron chi connectivity index (χ3n) is 3.85. The van der Waals surface area contributed by atoms with Crippen molar-refractivity contribution in [1.82, 2.24) is 15.5 Å². The Balaban J connectivity index is 1.99. The first-order valence-electron chi connectivity index (χ1n) is 7.71. The zero-order valence-electron chi connectivity index (χ0n) is 13.2. The topological polar surface area (TPSA) is 61.4 Å². The molecule has 0 unspecified atom stereocenters. The molecule has 0 bridgehead atoms. The predicted molar refractivity (Wildman–Crippen MR) is 91.3 cm³/mol. The molecular weight excluding hydrogens is 314 g/mol. The molecule has 0 saturated heterocycles. The second-order valence-corrected chi connectivity index (χ2v) is 6.06. The van der Waals surface area contributed by atoms with Gasteiger partial charge in [-0.05, 0) is 31.4 Å². The quantitative estimate of drug-likeness (QED) is 0.753. The molecule has 0 radical (unpaired) electrons. The van der Waals surface area contributed by atoms with E-state index in [-0.39, 0.29) is 18.5 Å². The number of nitrogens with zero attached hydrogens (tertiary/aromatic N) is 1. The van der Waals surface area contributed by atoms with E-state index in [1.807, 2.05) is 31.2 Å². The number of hydrogen-bond donors (Lipinski definition) is 2. The lowest BCUT2D eigenvalue weighted by Crippen LogP contribution is -2.45. The van der Waals surface area contributed by atoms with E-state index in [0.717, 1.165) is 18.4 Å². The highest BCUT2D eigenvalue weighted by Crippen LogP contribution is 2.36. The van der Waals surface area contributed by atoms with Gasteiger partial charge in [0.05, 0.1) is 6.54 Å². The van der Waals surface area contributed by atoms with Gasteiger partial charge in [-0.1, -0.05) is 35.9 Å². The Morgan fingerprint density at radius 1 is 1.43 bits per heavy atom. The van der Waals surface area contributed by atoms with E-state index >= 15 is 0 Å². The van der Waals surface area contributed by atoms with E-state index in [0.29, 0.717) is 17.6 Å². The van der Waals surface area contributed by atoms with Crippen LogP contribution in [0.2, 0.25) is 5.02 Å². The van der Waals surface area contributed by atoms with E-state index in [1.54, 1.807) is 6.08 Å². The molecule has 2 rings (SSSR count). The average molecular weight is 336 g/mol. The fourth-order valence-corrected chi connectivity index (χ4v) is 2.82. The largest absolute Gasteiger partial charge is 0.334 e. The molecule has 23 heavy (non-hydrogen) atoms. The Labute approximate surface area is 141 Å². The Bertz CT molecular complexity index is 587. The lowest BCUT2D eigenvalue weighted by Gasteiger charge is -2.29. The van der Waals surface area contributed by atoms with Gasteiger partial charge in [0.2, 0.25) is 5.91 Å².